The van der Waals surface area contributed by atoms with E-state index >= 15 is 0 Å². The lowest BCUT2D eigenvalue weighted by Crippen LogP contribution is -1.82. The maximum absolute atomic E-state index is 2.69. The molecule has 0 nitrogen and oxygen atoms in total. The lowest BCUT2D eigenvalue weighted by Gasteiger charge is -2.09. The van der Waals surface area contributed by atoms with Gasteiger partial charge in [-0.2, -0.15) is 0 Å². The van der Waals surface area contributed by atoms with E-state index in [0.29, 0.717) is 0 Å². The van der Waals surface area contributed by atoms with Gasteiger partial charge in [-0.1, -0.05) is 105 Å². The molecule has 0 saturated carbocycles. The van der Waals surface area contributed by atoms with Crippen LogP contribution >= 0.6 is 90.7 Å². The number of fused-ring (bicyclic) bond motifs is 20. The van der Waals surface area contributed by atoms with E-state index < -0.39 is 0 Å². The van der Waals surface area contributed by atoms with Gasteiger partial charge in [-0.15, -0.1) is 90.7 Å². The molecule has 0 bridgehead atoms. The molecule has 0 saturated heterocycles. The first-order chi connectivity index (χ1) is 30.6. The number of aryl methyl sites for hydroxylation is 4. The van der Waals surface area contributed by atoms with Crippen LogP contribution in [0.25, 0.3) is 99.5 Å². The van der Waals surface area contributed by atoms with E-state index in [9.17, 15) is 0 Å². The number of benzene rings is 3. The van der Waals surface area contributed by atoms with E-state index in [1.807, 2.05) is 0 Å². The Hall–Kier alpha value is -2.14. The van der Waals surface area contributed by atoms with Gasteiger partial charge in [0.15, 0.2) is 0 Å². The van der Waals surface area contributed by atoms with Crippen molar-refractivity contribution in [3.8, 4) is 0 Å². The van der Waals surface area contributed by atoms with Crippen LogP contribution in [-0.2, 0) is 25.7 Å². The molecule has 0 spiro atoms. The molecule has 0 unspecified atom stereocenters. The fraction of sp³-hybridized carbons (Fsp3) is 0.444. The fourth-order valence-corrected chi connectivity index (χ4v) is 21.1. The van der Waals surface area contributed by atoms with Gasteiger partial charge < -0.3 is 0 Å². The molecular weight excluding hydrogens is 905 g/mol. The number of hydrogen-bond acceptors (Lipinski definition) is 8. The Morgan fingerprint density at radius 3 is 0.726 bits per heavy atom. The molecule has 0 amide bonds. The number of unbranched alkanes of at least 4 members (excludes halogenated alkanes) is 12. The monoisotopic (exact) mass is 962 g/mol. The summed E-state index contributed by atoms with van der Waals surface area (Å²) in [5.74, 6) is 0. The summed E-state index contributed by atoms with van der Waals surface area (Å²) < 4.78 is 18.3. The maximum atomic E-state index is 2.69. The van der Waals surface area contributed by atoms with Crippen LogP contribution in [-0.4, -0.2) is 0 Å². The Balaban J connectivity index is 1.15. The van der Waals surface area contributed by atoms with Gasteiger partial charge in [-0.25, -0.2) is 0 Å². The SMILES string of the molecule is CCCCCCc1cc2sc3c4cc5c(cc4c4sc6cc(CCCCCC)sc6c4c3c2s1)c1sc2cc(CCCCCC)sc2c1c1c2sc(CCCCCC)cc2sc51. The molecule has 0 fully saturated rings. The third-order valence-electron chi connectivity index (χ3n) is 13.4. The predicted molar refractivity (Wildman–Crippen MR) is 296 cm³/mol. The van der Waals surface area contributed by atoms with Gasteiger partial charge in [-0.3, -0.25) is 0 Å². The van der Waals surface area contributed by atoms with Crippen molar-refractivity contribution >= 4 is 190 Å². The zero-order valence-electron chi connectivity index (χ0n) is 36.9. The van der Waals surface area contributed by atoms with Crippen molar-refractivity contribution in [2.45, 2.75) is 156 Å². The molecular formula is C54H58S8. The summed E-state index contributed by atoms with van der Waals surface area (Å²) in [6.07, 6.45) is 26.1. The van der Waals surface area contributed by atoms with Crippen molar-refractivity contribution in [2.24, 2.45) is 0 Å². The number of hydrogen-bond donors (Lipinski definition) is 0. The van der Waals surface area contributed by atoms with Crippen molar-refractivity contribution in [3.63, 3.8) is 0 Å². The van der Waals surface area contributed by atoms with Crippen LogP contribution in [0.1, 0.15) is 150 Å². The molecule has 322 valence electrons. The summed E-state index contributed by atoms with van der Waals surface area (Å²) >= 11 is 16.8. The van der Waals surface area contributed by atoms with Gasteiger partial charge in [0.1, 0.15) is 0 Å². The van der Waals surface area contributed by atoms with E-state index in [4.69, 9.17) is 0 Å². The van der Waals surface area contributed by atoms with Gasteiger partial charge in [-0.05, 0) is 87.8 Å². The van der Waals surface area contributed by atoms with E-state index in [2.05, 4.69) is 155 Å². The van der Waals surface area contributed by atoms with Crippen molar-refractivity contribution in [1.82, 2.24) is 0 Å². The highest BCUT2D eigenvalue weighted by Crippen LogP contribution is 2.57. The van der Waals surface area contributed by atoms with Crippen LogP contribution in [0.15, 0.2) is 36.4 Å². The second kappa shape index (κ2) is 18.3. The van der Waals surface area contributed by atoms with Gasteiger partial charge in [0.25, 0.3) is 0 Å². The van der Waals surface area contributed by atoms with E-state index in [-0.39, 0.29) is 0 Å². The second-order valence-electron chi connectivity index (χ2n) is 18.0. The highest BCUT2D eigenvalue weighted by Gasteiger charge is 2.26. The molecule has 8 heterocycles. The Morgan fingerprint density at radius 2 is 0.500 bits per heavy atom. The first-order valence-corrected chi connectivity index (χ1v) is 30.5. The molecule has 11 aromatic rings. The lowest BCUT2D eigenvalue weighted by molar-refractivity contribution is 0.670. The van der Waals surface area contributed by atoms with Crippen LogP contribution in [0.4, 0.5) is 0 Å². The summed E-state index contributed by atoms with van der Waals surface area (Å²) in [5, 5.41) is 12.2. The summed E-state index contributed by atoms with van der Waals surface area (Å²) in [5.41, 5.74) is 0. The second-order valence-corrected chi connectivity index (χ2v) is 26.8. The first-order valence-electron chi connectivity index (χ1n) is 24.0. The first kappa shape index (κ1) is 42.5. The molecule has 0 atom stereocenters. The largest absolute Gasteiger partial charge is 0.139 e. The van der Waals surface area contributed by atoms with Crippen molar-refractivity contribution in [2.75, 3.05) is 0 Å². The van der Waals surface area contributed by atoms with Gasteiger partial charge >= 0.3 is 0 Å². The van der Waals surface area contributed by atoms with E-state index in [1.165, 1.54) is 188 Å². The summed E-state index contributed by atoms with van der Waals surface area (Å²) in [7, 11) is 0. The van der Waals surface area contributed by atoms with Crippen molar-refractivity contribution < 1.29 is 0 Å². The van der Waals surface area contributed by atoms with Crippen LogP contribution < -0.4 is 0 Å². The van der Waals surface area contributed by atoms with Crippen LogP contribution in [0.3, 0.4) is 0 Å². The molecule has 62 heavy (non-hydrogen) atoms. The third kappa shape index (κ3) is 7.51. The number of thiophene rings is 8. The minimum atomic E-state index is 1.22. The molecule has 0 aliphatic rings. The van der Waals surface area contributed by atoms with Crippen LogP contribution in [0.5, 0.6) is 0 Å². The topological polar surface area (TPSA) is 0 Å². The zero-order chi connectivity index (χ0) is 41.9. The molecule has 0 aliphatic heterocycles. The Kier molecular flexibility index (Phi) is 12.5. The molecule has 8 aromatic heterocycles. The maximum Gasteiger partial charge on any atom is 0.0539 e. The molecule has 0 N–H and O–H groups in total. The summed E-state index contributed by atoms with van der Waals surface area (Å²) in [6, 6.07) is 15.7. The zero-order valence-corrected chi connectivity index (χ0v) is 43.4. The average Bonchev–Trinajstić information content (AvgIpc) is 4.14. The minimum Gasteiger partial charge on any atom is -0.139 e. The van der Waals surface area contributed by atoms with Crippen LogP contribution in [0.2, 0.25) is 0 Å². The average molecular weight is 964 g/mol. The molecule has 0 radical (unpaired) electrons. The van der Waals surface area contributed by atoms with Gasteiger partial charge in [0.2, 0.25) is 0 Å². The third-order valence-corrected chi connectivity index (χ3v) is 23.5. The molecule has 11 rings (SSSR count). The van der Waals surface area contributed by atoms with Crippen molar-refractivity contribution in [1.29, 1.82) is 0 Å². The lowest BCUT2D eigenvalue weighted by atomic mass is 9.98. The summed E-state index contributed by atoms with van der Waals surface area (Å²) in [6.45, 7) is 9.30. The normalized spacial score (nSPS) is 12.8. The smallest absolute Gasteiger partial charge is 0.0539 e. The Labute approximate surface area is 398 Å². The van der Waals surface area contributed by atoms with E-state index in [0.717, 1.165) is 0 Å². The fourth-order valence-electron chi connectivity index (χ4n) is 10.2. The quantitative estimate of drug-likeness (QED) is 0.0527. The Morgan fingerprint density at radius 1 is 0.258 bits per heavy atom. The standard InChI is InChI=1S/C54H58S8/c1-5-9-13-17-21-31-25-39-51(55-31)43-44-48(60-40-26-32(56-52(40)44)22-18-14-10-6-2)36-30-38-37(29-35(36)47(43)59-39)49-45(53-41(61-49)27-33(57-53)23-19-15-11-7-3)46-50(38)62-42-28-34(58-54(42)46)24-20-16-12-8-4/h25-30H,5-24H2,1-4H3. The number of rotatable bonds is 20. The highest BCUT2D eigenvalue weighted by molar-refractivity contribution is 7.37. The molecule has 8 heteroatoms. The van der Waals surface area contributed by atoms with Gasteiger partial charge in [0.05, 0.1) is 18.8 Å². The van der Waals surface area contributed by atoms with Crippen LogP contribution in [0, 0.1) is 0 Å². The highest BCUT2D eigenvalue weighted by atomic mass is 32.1. The van der Waals surface area contributed by atoms with Gasteiger partial charge in [0, 0.05) is 100 Å². The predicted octanol–water partition coefficient (Wildman–Crippen LogP) is 22.2. The molecule has 3 aromatic carbocycles. The Bertz CT molecular complexity index is 2930. The summed E-state index contributed by atoms with van der Waals surface area (Å²) in [4.78, 5) is 6.33. The minimum absolute atomic E-state index is 1.22. The molecule has 0 aliphatic carbocycles. The van der Waals surface area contributed by atoms with Crippen molar-refractivity contribution in [3.05, 3.63) is 55.9 Å². The van der Waals surface area contributed by atoms with E-state index in [1.54, 1.807) is 59.9 Å².